The molecule has 1 fully saturated rings. The van der Waals surface area contributed by atoms with Gasteiger partial charge >= 0.3 is 0 Å². The SMILES string of the molecule is CCCCC(=O)N1CCC(N(CC)CC)CC1. The molecule has 100 valence electrons. The van der Waals surface area contributed by atoms with Gasteiger partial charge in [0.2, 0.25) is 5.91 Å². The van der Waals surface area contributed by atoms with Crippen LogP contribution in [0.4, 0.5) is 0 Å². The molecule has 0 N–H and O–H groups in total. The summed E-state index contributed by atoms with van der Waals surface area (Å²) in [6.45, 7) is 10.8. The molecule has 3 heteroatoms. The highest BCUT2D eigenvalue weighted by molar-refractivity contribution is 5.76. The molecule has 1 rings (SSSR count). The van der Waals surface area contributed by atoms with E-state index >= 15 is 0 Å². The fourth-order valence-corrected chi connectivity index (χ4v) is 2.71. The topological polar surface area (TPSA) is 23.6 Å². The molecule has 17 heavy (non-hydrogen) atoms. The monoisotopic (exact) mass is 240 g/mol. The lowest BCUT2D eigenvalue weighted by atomic mass is 10.0. The van der Waals surface area contributed by atoms with Crippen LogP contribution in [0.5, 0.6) is 0 Å². The molecular formula is C14H28N2O. The molecule has 0 radical (unpaired) electrons. The van der Waals surface area contributed by atoms with Crippen LogP contribution in [0.25, 0.3) is 0 Å². The van der Waals surface area contributed by atoms with Crippen LogP contribution >= 0.6 is 0 Å². The second kappa shape index (κ2) is 7.70. The largest absolute Gasteiger partial charge is 0.343 e. The summed E-state index contributed by atoms with van der Waals surface area (Å²) in [6.07, 6.45) is 5.20. The van der Waals surface area contributed by atoms with Gasteiger partial charge in [0, 0.05) is 25.6 Å². The zero-order valence-electron chi connectivity index (χ0n) is 11.7. The molecule has 3 nitrogen and oxygen atoms in total. The van der Waals surface area contributed by atoms with Crippen LogP contribution in [0.2, 0.25) is 0 Å². The first kappa shape index (κ1) is 14.5. The number of carbonyl (C=O) groups is 1. The van der Waals surface area contributed by atoms with Crippen molar-refractivity contribution in [1.29, 1.82) is 0 Å². The van der Waals surface area contributed by atoms with Crippen molar-refractivity contribution >= 4 is 5.91 Å². The van der Waals surface area contributed by atoms with Gasteiger partial charge in [-0.05, 0) is 32.4 Å². The molecular weight excluding hydrogens is 212 g/mol. The first-order valence-electron chi connectivity index (χ1n) is 7.24. The Bertz CT molecular complexity index is 218. The van der Waals surface area contributed by atoms with Crippen molar-refractivity contribution in [2.75, 3.05) is 26.2 Å². The average Bonchev–Trinajstić information content (AvgIpc) is 2.38. The van der Waals surface area contributed by atoms with Gasteiger partial charge in [-0.3, -0.25) is 4.79 Å². The summed E-state index contributed by atoms with van der Waals surface area (Å²) < 4.78 is 0. The fourth-order valence-electron chi connectivity index (χ4n) is 2.71. The molecule has 0 aromatic carbocycles. The first-order chi connectivity index (χ1) is 8.22. The molecule has 1 amide bonds. The van der Waals surface area contributed by atoms with Crippen molar-refractivity contribution in [1.82, 2.24) is 9.80 Å². The number of hydrogen-bond acceptors (Lipinski definition) is 2. The quantitative estimate of drug-likeness (QED) is 0.712. The number of likely N-dealkylation sites (tertiary alicyclic amines) is 1. The minimum Gasteiger partial charge on any atom is -0.343 e. The summed E-state index contributed by atoms with van der Waals surface area (Å²) in [5, 5.41) is 0. The Balaban J connectivity index is 2.32. The van der Waals surface area contributed by atoms with E-state index in [1.165, 1.54) is 0 Å². The molecule has 0 aromatic rings. The van der Waals surface area contributed by atoms with Gasteiger partial charge in [-0.1, -0.05) is 27.2 Å². The van der Waals surface area contributed by atoms with Gasteiger partial charge in [0.1, 0.15) is 0 Å². The summed E-state index contributed by atoms with van der Waals surface area (Å²) in [7, 11) is 0. The van der Waals surface area contributed by atoms with E-state index in [0.29, 0.717) is 11.9 Å². The second-order valence-electron chi connectivity index (χ2n) is 4.94. The molecule has 0 unspecified atom stereocenters. The van der Waals surface area contributed by atoms with Gasteiger partial charge in [-0.25, -0.2) is 0 Å². The lowest BCUT2D eigenvalue weighted by Crippen LogP contribution is -2.46. The predicted molar refractivity (Wildman–Crippen MR) is 72.0 cm³/mol. The van der Waals surface area contributed by atoms with Crippen LogP contribution in [-0.4, -0.2) is 47.9 Å². The Labute approximate surface area is 106 Å². The number of amides is 1. The van der Waals surface area contributed by atoms with E-state index in [0.717, 1.165) is 58.3 Å². The highest BCUT2D eigenvalue weighted by Crippen LogP contribution is 2.17. The zero-order chi connectivity index (χ0) is 12.7. The molecule has 1 heterocycles. The number of carbonyl (C=O) groups excluding carboxylic acids is 1. The van der Waals surface area contributed by atoms with E-state index in [2.05, 4.69) is 30.6 Å². The Kier molecular flexibility index (Phi) is 6.56. The maximum Gasteiger partial charge on any atom is 0.222 e. The summed E-state index contributed by atoms with van der Waals surface area (Å²) in [6, 6.07) is 0.695. The summed E-state index contributed by atoms with van der Waals surface area (Å²) in [4.78, 5) is 16.5. The number of rotatable bonds is 6. The number of unbranched alkanes of at least 4 members (excludes halogenated alkanes) is 1. The highest BCUT2D eigenvalue weighted by Gasteiger charge is 2.24. The molecule has 0 aromatic heterocycles. The standard InChI is InChI=1S/C14H28N2O/c1-4-7-8-14(17)16-11-9-13(10-12-16)15(5-2)6-3/h13H,4-12H2,1-3H3. The number of nitrogens with zero attached hydrogens (tertiary/aromatic N) is 2. The molecule has 0 spiro atoms. The van der Waals surface area contributed by atoms with Crippen LogP contribution in [0, 0.1) is 0 Å². The van der Waals surface area contributed by atoms with Crippen LogP contribution in [-0.2, 0) is 4.79 Å². The van der Waals surface area contributed by atoms with Crippen LogP contribution in [0.1, 0.15) is 52.9 Å². The predicted octanol–water partition coefficient (Wildman–Crippen LogP) is 2.51. The maximum atomic E-state index is 11.9. The van der Waals surface area contributed by atoms with E-state index in [4.69, 9.17) is 0 Å². The van der Waals surface area contributed by atoms with Crippen molar-refractivity contribution in [3.63, 3.8) is 0 Å². The summed E-state index contributed by atoms with van der Waals surface area (Å²) >= 11 is 0. The van der Waals surface area contributed by atoms with Gasteiger partial charge in [0.05, 0.1) is 0 Å². The molecule has 1 saturated heterocycles. The van der Waals surface area contributed by atoms with Crippen molar-refractivity contribution in [3.8, 4) is 0 Å². The fraction of sp³-hybridized carbons (Fsp3) is 0.929. The molecule has 0 saturated carbocycles. The van der Waals surface area contributed by atoms with Crippen molar-refractivity contribution in [2.24, 2.45) is 0 Å². The Hall–Kier alpha value is -0.570. The Morgan fingerprint density at radius 2 is 1.76 bits per heavy atom. The van der Waals surface area contributed by atoms with Crippen molar-refractivity contribution in [2.45, 2.75) is 58.9 Å². The van der Waals surface area contributed by atoms with Gasteiger partial charge < -0.3 is 9.80 Å². The third-order valence-electron chi connectivity index (χ3n) is 3.89. The average molecular weight is 240 g/mol. The minimum atomic E-state index is 0.366. The second-order valence-corrected chi connectivity index (χ2v) is 4.94. The molecule has 0 aliphatic carbocycles. The smallest absolute Gasteiger partial charge is 0.222 e. The van der Waals surface area contributed by atoms with E-state index in [-0.39, 0.29) is 0 Å². The Morgan fingerprint density at radius 1 is 1.18 bits per heavy atom. The van der Waals surface area contributed by atoms with Gasteiger partial charge in [-0.2, -0.15) is 0 Å². The number of hydrogen-bond donors (Lipinski definition) is 0. The Morgan fingerprint density at radius 3 is 2.24 bits per heavy atom. The van der Waals surface area contributed by atoms with E-state index in [1.54, 1.807) is 0 Å². The zero-order valence-corrected chi connectivity index (χ0v) is 11.7. The lowest BCUT2D eigenvalue weighted by molar-refractivity contribution is -0.132. The molecule has 0 atom stereocenters. The van der Waals surface area contributed by atoms with Crippen LogP contribution in [0.3, 0.4) is 0 Å². The van der Waals surface area contributed by atoms with Gasteiger partial charge in [0.25, 0.3) is 0 Å². The van der Waals surface area contributed by atoms with Crippen LogP contribution < -0.4 is 0 Å². The number of piperidine rings is 1. The van der Waals surface area contributed by atoms with Crippen molar-refractivity contribution < 1.29 is 4.79 Å². The molecule has 0 bridgehead atoms. The third-order valence-corrected chi connectivity index (χ3v) is 3.89. The van der Waals surface area contributed by atoms with E-state index < -0.39 is 0 Å². The lowest BCUT2D eigenvalue weighted by Gasteiger charge is -2.37. The van der Waals surface area contributed by atoms with Crippen molar-refractivity contribution in [3.05, 3.63) is 0 Å². The van der Waals surface area contributed by atoms with E-state index in [9.17, 15) is 4.79 Å². The third kappa shape index (κ3) is 4.30. The summed E-state index contributed by atoms with van der Waals surface area (Å²) in [5.74, 6) is 0.366. The molecule has 1 aliphatic rings. The maximum absolute atomic E-state index is 11.9. The highest BCUT2D eigenvalue weighted by atomic mass is 16.2. The van der Waals surface area contributed by atoms with Gasteiger partial charge in [-0.15, -0.1) is 0 Å². The van der Waals surface area contributed by atoms with Crippen LogP contribution in [0.15, 0.2) is 0 Å². The van der Waals surface area contributed by atoms with E-state index in [1.807, 2.05) is 0 Å². The van der Waals surface area contributed by atoms with Gasteiger partial charge in [0.15, 0.2) is 0 Å². The minimum absolute atomic E-state index is 0.366. The normalized spacial score (nSPS) is 17.8. The molecule has 1 aliphatic heterocycles. The first-order valence-corrected chi connectivity index (χ1v) is 7.24. The summed E-state index contributed by atoms with van der Waals surface area (Å²) in [5.41, 5.74) is 0.